The normalized spacial score (nSPS) is 18.8. The van der Waals surface area contributed by atoms with Crippen molar-refractivity contribution in [1.82, 2.24) is 5.32 Å². The molecule has 2 unspecified atom stereocenters. The summed E-state index contributed by atoms with van der Waals surface area (Å²) in [4.78, 5) is 25.1. The smallest absolute Gasteiger partial charge is 0.312 e. The van der Waals surface area contributed by atoms with Gasteiger partial charge >= 0.3 is 5.97 Å². The Labute approximate surface area is 112 Å². The zero-order chi connectivity index (χ0) is 14.0. The first-order valence-corrected chi connectivity index (χ1v) is 6.42. The van der Waals surface area contributed by atoms with Crippen molar-refractivity contribution >= 4 is 17.6 Å². The largest absolute Gasteiger partial charge is 0.481 e. The molecule has 2 atom stereocenters. The van der Waals surface area contributed by atoms with Crippen molar-refractivity contribution in [1.29, 1.82) is 0 Å². The zero-order valence-corrected chi connectivity index (χ0v) is 11.1. The fraction of sp³-hybridized carbons (Fsp3) is 0.429. The number of carboxylic acids is 1. The topological polar surface area (TPSA) is 69.6 Å². The van der Waals surface area contributed by atoms with E-state index in [1.165, 1.54) is 0 Å². The third kappa shape index (κ3) is 2.41. The average molecular weight is 262 g/mol. The first kappa shape index (κ1) is 13.4. The van der Waals surface area contributed by atoms with Gasteiger partial charge in [0.2, 0.25) is 5.91 Å². The second-order valence-corrected chi connectivity index (χ2v) is 4.67. The molecular formula is C14H18N2O3. The van der Waals surface area contributed by atoms with Gasteiger partial charge in [0.15, 0.2) is 0 Å². The number of amides is 1. The molecule has 0 aliphatic carbocycles. The van der Waals surface area contributed by atoms with Crippen LogP contribution in [0.25, 0.3) is 0 Å². The van der Waals surface area contributed by atoms with Crippen molar-refractivity contribution in [3.05, 3.63) is 29.8 Å². The minimum atomic E-state index is -0.849. The average Bonchev–Trinajstić information content (AvgIpc) is 2.78. The highest BCUT2D eigenvalue weighted by Crippen LogP contribution is 2.37. The van der Waals surface area contributed by atoms with E-state index in [0.717, 1.165) is 11.3 Å². The molecule has 102 valence electrons. The molecule has 0 fully saturated rings. The summed E-state index contributed by atoms with van der Waals surface area (Å²) in [7, 11) is 0. The number of para-hydroxylation sites is 1. The van der Waals surface area contributed by atoms with Crippen molar-refractivity contribution < 1.29 is 14.7 Å². The van der Waals surface area contributed by atoms with Gasteiger partial charge in [-0.25, -0.2) is 0 Å². The Morgan fingerprint density at radius 1 is 1.47 bits per heavy atom. The van der Waals surface area contributed by atoms with Crippen LogP contribution in [0, 0.1) is 0 Å². The molecule has 0 aromatic heterocycles. The van der Waals surface area contributed by atoms with Gasteiger partial charge in [0.05, 0.1) is 0 Å². The summed E-state index contributed by atoms with van der Waals surface area (Å²) in [6.45, 7) is 4.57. The molecule has 1 aromatic carbocycles. The van der Waals surface area contributed by atoms with E-state index in [1.54, 1.807) is 6.92 Å². The number of hydrogen-bond donors (Lipinski definition) is 2. The number of rotatable bonds is 4. The zero-order valence-electron chi connectivity index (χ0n) is 11.1. The molecule has 1 aromatic rings. The van der Waals surface area contributed by atoms with Crippen molar-refractivity contribution in [2.45, 2.75) is 25.8 Å². The van der Waals surface area contributed by atoms with Gasteiger partial charge in [-0.05, 0) is 25.5 Å². The van der Waals surface area contributed by atoms with Crippen LogP contribution in [-0.2, 0) is 9.59 Å². The first-order valence-electron chi connectivity index (χ1n) is 6.42. The summed E-state index contributed by atoms with van der Waals surface area (Å²) in [5, 5.41) is 12.0. The van der Waals surface area contributed by atoms with Crippen molar-refractivity contribution in [3.63, 3.8) is 0 Å². The third-order valence-corrected chi connectivity index (χ3v) is 3.50. The molecule has 5 nitrogen and oxygen atoms in total. The van der Waals surface area contributed by atoms with Crippen LogP contribution in [0.4, 0.5) is 5.69 Å². The van der Waals surface area contributed by atoms with E-state index in [4.69, 9.17) is 0 Å². The van der Waals surface area contributed by atoms with Crippen molar-refractivity contribution in [3.8, 4) is 0 Å². The molecule has 2 N–H and O–H groups in total. The Bertz CT molecular complexity index is 501. The van der Waals surface area contributed by atoms with E-state index in [1.807, 2.05) is 36.1 Å². The van der Waals surface area contributed by atoms with E-state index >= 15 is 0 Å². The fourth-order valence-corrected chi connectivity index (χ4v) is 2.48. The summed E-state index contributed by atoms with van der Waals surface area (Å²) in [5.41, 5.74) is 1.62. The monoisotopic (exact) mass is 262 g/mol. The predicted molar refractivity (Wildman–Crippen MR) is 72.3 cm³/mol. The van der Waals surface area contributed by atoms with Crippen molar-refractivity contribution in [2.75, 3.05) is 18.0 Å². The summed E-state index contributed by atoms with van der Waals surface area (Å²) in [6.07, 6.45) is 0. The molecule has 0 saturated heterocycles. The Hall–Kier alpha value is -2.04. The van der Waals surface area contributed by atoms with Crippen LogP contribution >= 0.6 is 0 Å². The first-order chi connectivity index (χ1) is 9.06. The SMILES string of the molecule is CCNC(=O)C(C)N1CC(C(=O)O)c2ccccc21. The molecule has 0 bridgehead atoms. The standard InChI is InChI=1S/C14H18N2O3/c1-3-15-13(17)9(2)16-8-11(14(18)19)10-6-4-5-7-12(10)16/h4-7,9,11H,3,8H2,1-2H3,(H,15,17)(H,18,19). The number of aliphatic carboxylic acids is 1. The minimum absolute atomic E-state index is 0.0802. The highest BCUT2D eigenvalue weighted by Gasteiger charge is 2.37. The molecule has 19 heavy (non-hydrogen) atoms. The second kappa shape index (κ2) is 5.30. The molecule has 0 spiro atoms. The molecule has 0 saturated carbocycles. The molecule has 0 radical (unpaired) electrons. The molecular weight excluding hydrogens is 244 g/mol. The lowest BCUT2D eigenvalue weighted by Gasteiger charge is -2.26. The number of nitrogens with one attached hydrogen (secondary N) is 1. The van der Waals surface area contributed by atoms with Gasteiger partial charge in [0.1, 0.15) is 12.0 Å². The summed E-state index contributed by atoms with van der Waals surface area (Å²) in [6, 6.07) is 7.01. The maximum atomic E-state index is 11.9. The number of benzene rings is 1. The fourth-order valence-electron chi connectivity index (χ4n) is 2.48. The lowest BCUT2D eigenvalue weighted by molar-refractivity contribution is -0.138. The van der Waals surface area contributed by atoms with Crippen LogP contribution in [0.15, 0.2) is 24.3 Å². The van der Waals surface area contributed by atoms with Gasteiger partial charge in [0, 0.05) is 18.8 Å². The van der Waals surface area contributed by atoms with Crippen LogP contribution in [-0.4, -0.2) is 36.1 Å². The Kier molecular flexibility index (Phi) is 3.74. The Morgan fingerprint density at radius 3 is 2.79 bits per heavy atom. The minimum Gasteiger partial charge on any atom is -0.481 e. The Balaban J connectivity index is 2.30. The maximum Gasteiger partial charge on any atom is 0.312 e. The van der Waals surface area contributed by atoms with Crippen LogP contribution in [0.2, 0.25) is 0 Å². The number of carbonyl (C=O) groups excluding carboxylic acids is 1. The van der Waals surface area contributed by atoms with E-state index < -0.39 is 11.9 Å². The van der Waals surface area contributed by atoms with Crippen LogP contribution in [0.1, 0.15) is 25.3 Å². The van der Waals surface area contributed by atoms with Gasteiger partial charge in [0.25, 0.3) is 0 Å². The van der Waals surface area contributed by atoms with Crippen LogP contribution in [0.3, 0.4) is 0 Å². The predicted octanol–water partition coefficient (Wildman–Crippen LogP) is 1.20. The number of hydrogen-bond acceptors (Lipinski definition) is 3. The number of carbonyl (C=O) groups is 2. The van der Waals surface area contributed by atoms with E-state index in [2.05, 4.69) is 5.32 Å². The number of fused-ring (bicyclic) bond motifs is 1. The molecule has 1 heterocycles. The van der Waals surface area contributed by atoms with Crippen LogP contribution < -0.4 is 10.2 Å². The molecule has 1 amide bonds. The number of likely N-dealkylation sites (N-methyl/N-ethyl adjacent to an activating group) is 1. The van der Waals surface area contributed by atoms with Gasteiger partial charge in [-0.3, -0.25) is 9.59 Å². The van der Waals surface area contributed by atoms with Gasteiger partial charge in [-0.15, -0.1) is 0 Å². The van der Waals surface area contributed by atoms with E-state index in [0.29, 0.717) is 13.1 Å². The number of anilines is 1. The molecule has 1 aliphatic heterocycles. The van der Waals surface area contributed by atoms with Crippen molar-refractivity contribution in [2.24, 2.45) is 0 Å². The lowest BCUT2D eigenvalue weighted by atomic mass is 10.0. The number of nitrogens with zero attached hydrogens (tertiary/aromatic N) is 1. The summed E-state index contributed by atoms with van der Waals surface area (Å²) < 4.78 is 0. The number of carboxylic acid groups (broad SMARTS) is 1. The molecule has 1 aliphatic rings. The van der Waals surface area contributed by atoms with Gasteiger partial charge in [-0.1, -0.05) is 18.2 Å². The molecule has 5 heteroatoms. The highest BCUT2D eigenvalue weighted by molar-refractivity contribution is 5.89. The van der Waals surface area contributed by atoms with Gasteiger partial charge in [-0.2, -0.15) is 0 Å². The van der Waals surface area contributed by atoms with E-state index in [-0.39, 0.29) is 11.9 Å². The summed E-state index contributed by atoms with van der Waals surface area (Å²) in [5.74, 6) is -1.49. The second-order valence-electron chi connectivity index (χ2n) is 4.67. The van der Waals surface area contributed by atoms with Crippen LogP contribution in [0.5, 0.6) is 0 Å². The molecule has 2 rings (SSSR count). The third-order valence-electron chi connectivity index (χ3n) is 3.50. The maximum absolute atomic E-state index is 11.9. The quantitative estimate of drug-likeness (QED) is 0.855. The summed E-state index contributed by atoms with van der Waals surface area (Å²) >= 11 is 0. The van der Waals surface area contributed by atoms with Gasteiger partial charge < -0.3 is 15.3 Å². The highest BCUT2D eigenvalue weighted by atomic mass is 16.4. The lowest BCUT2D eigenvalue weighted by Crippen LogP contribution is -2.45. The Morgan fingerprint density at radius 2 is 2.16 bits per heavy atom. The van der Waals surface area contributed by atoms with E-state index in [9.17, 15) is 14.7 Å².